The molecule has 0 saturated carbocycles. The zero-order chi connectivity index (χ0) is 21.7. The van der Waals surface area contributed by atoms with Gasteiger partial charge in [0.2, 0.25) is 10.0 Å². The van der Waals surface area contributed by atoms with Crippen molar-refractivity contribution in [2.45, 2.75) is 18.6 Å². The molecule has 1 aliphatic rings. The first kappa shape index (κ1) is 21.3. The molecule has 1 fully saturated rings. The van der Waals surface area contributed by atoms with E-state index < -0.39 is 10.0 Å². The second kappa shape index (κ2) is 9.48. The SMILES string of the molecule is CN=C(NCCCc1nc2ccccc2[nH]1)N1CCN(S(=O)(=O)Cc2ccon2)CC1. The number of aliphatic imine (C=N–C) groups is 1. The van der Waals surface area contributed by atoms with Crippen LogP contribution in [0.1, 0.15) is 17.9 Å². The van der Waals surface area contributed by atoms with E-state index in [9.17, 15) is 8.42 Å². The largest absolute Gasteiger partial charge is 0.364 e. The second-order valence-corrected chi connectivity index (χ2v) is 9.38. The highest BCUT2D eigenvalue weighted by molar-refractivity contribution is 7.88. The summed E-state index contributed by atoms with van der Waals surface area (Å²) in [5.74, 6) is 1.63. The molecule has 0 amide bonds. The highest BCUT2D eigenvalue weighted by Crippen LogP contribution is 2.13. The van der Waals surface area contributed by atoms with E-state index in [2.05, 4.69) is 30.3 Å². The number of aromatic nitrogens is 3. The molecule has 0 unspecified atom stereocenters. The zero-order valence-corrected chi connectivity index (χ0v) is 18.3. The van der Waals surface area contributed by atoms with Crippen LogP contribution in [0.2, 0.25) is 0 Å². The van der Waals surface area contributed by atoms with Gasteiger partial charge in [-0.15, -0.1) is 0 Å². The predicted molar refractivity (Wildman–Crippen MR) is 118 cm³/mol. The van der Waals surface area contributed by atoms with Crippen LogP contribution in [-0.4, -0.2) is 78.5 Å². The Labute approximate surface area is 181 Å². The third-order valence-corrected chi connectivity index (χ3v) is 7.09. The van der Waals surface area contributed by atoms with E-state index >= 15 is 0 Å². The van der Waals surface area contributed by atoms with Crippen molar-refractivity contribution >= 4 is 27.0 Å². The number of imidazole rings is 1. The van der Waals surface area contributed by atoms with Gasteiger partial charge in [0.1, 0.15) is 17.8 Å². The van der Waals surface area contributed by atoms with Crippen molar-refractivity contribution in [3.05, 3.63) is 48.1 Å². The number of aryl methyl sites for hydroxylation is 1. The summed E-state index contributed by atoms with van der Waals surface area (Å²) in [6.45, 7) is 2.76. The quantitative estimate of drug-likeness (QED) is 0.319. The molecule has 3 aromatic rings. The van der Waals surface area contributed by atoms with Gasteiger partial charge in [-0.3, -0.25) is 4.99 Å². The number of benzene rings is 1. The minimum Gasteiger partial charge on any atom is -0.364 e. The number of piperazine rings is 1. The Balaban J connectivity index is 1.22. The van der Waals surface area contributed by atoms with Gasteiger partial charge in [0.25, 0.3) is 0 Å². The summed E-state index contributed by atoms with van der Waals surface area (Å²) in [5, 5.41) is 7.08. The van der Waals surface area contributed by atoms with E-state index in [1.807, 2.05) is 24.3 Å². The van der Waals surface area contributed by atoms with Crippen molar-refractivity contribution < 1.29 is 12.9 Å². The molecule has 0 bridgehead atoms. The maximum Gasteiger partial charge on any atom is 0.220 e. The summed E-state index contributed by atoms with van der Waals surface area (Å²) in [6, 6.07) is 9.58. The summed E-state index contributed by atoms with van der Waals surface area (Å²) in [4.78, 5) is 14.4. The Kier molecular flexibility index (Phi) is 6.52. The Hall–Kier alpha value is -2.92. The van der Waals surface area contributed by atoms with Gasteiger partial charge < -0.3 is 19.7 Å². The fraction of sp³-hybridized carbons (Fsp3) is 0.450. The normalized spacial score (nSPS) is 16.2. The molecule has 0 atom stereocenters. The van der Waals surface area contributed by atoms with Crippen LogP contribution in [0.3, 0.4) is 0 Å². The lowest BCUT2D eigenvalue weighted by Crippen LogP contribution is -2.54. The van der Waals surface area contributed by atoms with E-state index in [0.717, 1.165) is 42.2 Å². The number of rotatable bonds is 7. The van der Waals surface area contributed by atoms with Crippen molar-refractivity contribution in [3.63, 3.8) is 0 Å². The van der Waals surface area contributed by atoms with Crippen LogP contribution < -0.4 is 5.32 Å². The number of guanidine groups is 1. The van der Waals surface area contributed by atoms with Gasteiger partial charge in [-0.25, -0.2) is 13.4 Å². The molecule has 2 aromatic heterocycles. The van der Waals surface area contributed by atoms with E-state index in [-0.39, 0.29) is 5.75 Å². The van der Waals surface area contributed by atoms with E-state index in [0.29, 0.717) is 31.9 Å². The Bertz CT molecular complexity index is 1080. The molecule has 0 aliphatic carbocycles. The van der Waals surface area contributed by atoms with Crippen LogP contribution >= 0.6 is 0 Å². The van der Waals surface area contributed by atoms with Crippen LogP contribution in [0, 0.1) is 0 Å². The van der Waals surface area contributed by atoms with Crippen LogP contribution in [-0.2, 0) is 22.2 Å². The minimum atomic E-state index is -3.41. The summed E-state index contributed by atoms with van der Waals surface area (Å²) in [7, 11) is -1.67. The van der Waals surface area contributed by atoms with Crippen molar-refractivity contribution in [2.24, 2.45) is 4.99 Å². The molecule has 1 aliphatic heterocycles. The fourth-order valence-corrected chi connectivity index (χ4v) is 5.11. The van der Waals surface area contributed by atoms with E-state index in [1.165, 1.54) is 10.6 Å². The van der Waals surface area contributed by atoms with Crippen molar-refractivity contribution in [1.82, 2.24) is 29.6 Å². The smallest absolute Gasteiger partial charge is 0.220 e. The number of aromatic amines is 1. The fourth-order valence-electron chi connectivity index (χ4n) is 3.68. The minimum absolute atomic E-state index is 0.141. The van der Waals surface area contributed by atoms with Gasteiger partial charge in [-0.05, 0) is 18.6 Å². The number of nitrogens with one attached hydrogen (secondary N) is 2. The molecular formula is C20H27N7O3S. The van der Waals surface area contributed by atoms with Crippen molar-refractivity contribution in [1.29, 1.82) is 0 Å². The topological polar surface area (TPSA) is 120 Å². The standard InChI is InChI=1S/C20H27N7O3S/c1-21-20(22-9-4-7-19-23-17-5-2-3-6-18(17)24-19)26-10-12-27(13-11-26)31(28,29)15-16-8-14-30-25-16/h2-3,5-6,8,14H,4,7,9-13,15H2,1H3,(H,21,22)(H,23,24). The van der Waals surface area contributed by atoms with Crippen LogP contribution in [0.4, 0.5) is 0 Å². The second-order valence-electron chi connectivity index (χ2n) is 7.41. The number of hydrogen-bond donors (Lipinski definition) is 2. The Morgan fingerprint density at radius 2 is 2.03 bits per heavy atom. The molecule has 10 nitrogen and oxygen atoms in total. The highest BCUT2D eigenvalue weighted by Gasteiger charge is 2.28. The molecule has 1 aromatic carbocycles. The molecular weight excluding hydrogens is 418 g/mol. The van der Waals surface area contributed by atoms with Gasteiger partial charge in [0, 0.05) is 52.3 Å². The number of hydrogen-bond acceptors (Lipinski definition) is 6. The lowest BCUT2D eigenvalue weighted by molar-refractivity contribution is 0.260. The van der Waals surface area contributed by atoms with E-state index in [4.69, 9.17) is 4.52 Å². The molecule has 4 rings (SSSR count). The van der Waals surface area contributed by atoms with Crippen molar-refractivity contribution in [2.75, 3.05) is 39.8 Å². The third-order valence-electron chi connectivity index (χ3n) is 5.28. The molecule has 2 N–H and O–H groups in total. The van der Waals surface area contributed by atoms with Gasteiger partial charge in [-0.2, -0.15) is 4.31 Å². The predicted octanol–water partition coefficient (Wildman–Crippen LogP) is 1.21. The summed E-state index contributed by atoms with van der Waals surface area (Å²) in [6.07, 6.45) is 3.13. The maximum atomic E-state index is 12.6. The summed E-state index contributed by atoms with van der Waals surface area (Å²) in [5.41, 5.74) is 2.46. The molecule has 3 heterocycles. The number of nitrogens with zero attached hydrogens (tertiary/aromatic N) is 5. The summed E-state index contributed by atoms with van der Waals surface area (Å²) >= 11 is 0. The Morgan fingerprint density at radius 1 is 1.23 bits per heavy atom. The monoisotopic (exact) mass is 445 g/mol. The summed E-state index contributed by atoms with van der Waals surface area (Å²) < 4.78 is 31.4. The first-order valence-corrected chi connectivity index (χ1v) is 11.9. The van der Waals surface area contributed by atoms with Gasteiger partial charge >= 0.3 is 0 Å². The first-order valence-electron chi connectivity index (χ1n) is 10.3. The molecule has 0 spiro atoms. The molecule has 166 valence electrons. The van der Waals surface area contributed by atoms with Crippen LogP contribution in [0.25, 0.3) is 11.0 Å². The number of H-pyrrole nitrogens is 1. The van der Waals surface area contributed by atoms with Gasteiger partial charge in [0.05, 0.1) is 16.7 Å². The number of fused-ring (bicyclic) bond motifs is 1. The number of para-hydroxylation sites is 2. The van der Waals surface area contributed by atoms with Gasteiger partial charge in [0.15, 0.2) is 5.96 Å². The highest BCUT2D eigenvalue weighted by atomic mass is 32.2. The Morgan fingerprint density at radius 3 is 2.74 bits per heavy atom. The van der Waals surface area contributed by atoms with Crippen LogP contribution in [0.5, 0.6) is 0 Å². The molecule has 11 heteroatoms. The molecule has 1 saturated heterocycles. The first-order chi connectivity index (χ1) is 15.0. The van der Waals surface area contributed by atoms with Gasteiger partial charge in [-0.1, -0.05) is 17.3 Å². The van der Waals surface area contributed by atoms with Crippen LogP contribution in [0.15, 0.2) is 46.1 Å². The average molecular weight is 446 g/mol. The maximum absolute atomic E-state index is 12.6. The third kappa shape index (κ3) is 5.23. The molecule has 31 heavy (non-hydrogen) atoms. The van der Waals surface area contributed by atoms with Crippen molar-refractivity contribution in [3.8, 4) is 0 Å². The lowest BCUT2D eigenvalue weighted by Gasteiger charge is -2.35. The molecule has 0 radical (unpaired) electrons. The zero-order valence-electron chi connectivity index (χ0n) is 17.5. The number of sulfonamides is 1. The average Bonchev–Trinajstić information content (AvgIpc) is 3.43. The van der Waals surface area contributed by atoms with E-state index in [1.54, 1.807) is 13.1 Å². The lowest BCUT2D eigenvalue weighted by atomic mass is 10.3.